The maximum atomic E-state index is 6.92. The molecule has 0 aromatic carbocycles. The number of nitrogens with one attached hydrogen (secondary N) is 1. The van der Waals surface area contributed by atoms with E-state index in [1.807, 2.05) is 0 Å². The number of fused-ring (bicyclic) bond motifs is 2. The fourth-order valence-electron chi connectivity index (χ4n) is 2.26. The fraction of sp³-hybridized carbons (Fsp3) is 0.875. The molecule has 2 rings (SSSR count). The number of piperidine rings is 1. The van der Waals surface area contributed by atoms with E-state index >= 15 is 0 Å². The molecule has 1 N–H and O–H groups in total. The van der Waals surface area contributed by atoms with Crippen molar-refractivity contribution in [3.05, 3.63) is 0 Å². The van der Waals surface area contributed by atoms with Crippen molar-refractivity contribution in [1.29, 1.82) is 5.41 Å². The summed E-state index contributed by atoms with van der Waals surface area (Å²) in [6, 6.07) is 0. The molecule has 0 aromatic rings. The Labute approximate surface area is 77.1 Å². The second-order valence-corrected chi connectivity index (χ2v) is 4.00. The van der Waals surface area contributed by atoms with Gasteiger partial charge in [0.05, 0.1) is 6.61 Å². The summed E-state index contributed by atoms with van der Waals surface area (Å²) >= 11 is 5.31. The number of halogens is 1. The van der Waals surface area contributed by atoms with E-state index in [0.29, 0.717) is 12.5 Å². The molecule has 0 aromatic heterocycles. The minimum atomic E-state index is -0.173. The summed E-state index contributed by atoms with van der Waals surface area (Å²) in [6.07, 6.45) is 1.30. The minimum absolute atomic E-state index is 0.173. The topological polar surface area (TPSA) is 36.3 Å². The SMILES string of the molecule is N=C(Cl)OCC1CN2CCC1C2. The summed E-state index contributed by atoms with van der Waals surface area (Å²) in [5.74, 6) is 1.40. The Bertz CT molecular complexity index is 197. The van der Waals surface area contributed by atoms with Crippen molar-refractivity contribution >= 4 is 17.0 Å². The van der Waals surface area contributed by atoms with Crippen LogP contribution >= 0.6 is 11.6 Å². The van der Waals surface area contributed by atoms with Gasteiger partial charge in [-0.2, -0.15) is 0 Å². The Balaban J connectivity index is 1.79. The van der Waals surface area contributed by atoms with Gasteiger partial charge in [-0.05, 0) is 30.5 Å². The second kappa shape index (κ2) is 3.23. The van der Waals surface area contributed by atoms with E-state index in [4.69, 9.17) is 21.7 Å². The normalized spacial score (nSPS) is 38.6. The molecule has 0 radical (unpaired) electrons. The maximum absolute atomic E-state index is 6.92. The Morgan fingerprint density at radius 2 is 2.42 bits per heavy atom. The lowest BCUT2D eigenvalue weighted by Crippen LogP contribution is -2.27. The Morgan fingerprint density at radius 3 is 2.92 bits per heavy atom. The number of hydrogen-bond acceptors (Lipinski definition) is 3. The number of nitrogens with zero attached hydrogens (tertiary/aromatic N) is 1. The third-order valence-corrected chi connectivity index (χ3v) is 3.00. The van der Waals surface area contributed by atoms with Crippen molar-refractivity contribution in [1.82, 2.24) is 4.90 Å². The average Bonchev–Trinajstić information content (AvgIpc) is 2.60. The lowest BCUT2D eigenvalue weighted by atomic mass is 9.94. The van der Waals surface area contributed by atoms with Crippen LogP contribution < -0.4 is 0 Å². The summed E-state index contributed by atoms with van der Waals surface area (Å²) in [5, 5.41) is 6.75. The van der Waals surface area contributed by atoms with Crippen molar-refractivity contribution in [3.8, 4) is 0 Å². The van der Waals surface area contributed by atoms with Crippen LogP contribution in [-0.4, -0.2) is 36.5 Å². The number of rotatable bonds is 2. The molecule has 0 spiro atoms. The highest BCUT2D eigenvalue weighted by Crippen LogP contribution is 2.32. The van der Waals surface area contributed by atoms with Gasteiger partial charge in [0, 0.05) is 19.0 Å². The molecule has 3 unspecified atom stereocenters. The highest BCUT2D eigenvalue weighted by molar-refractivity contribution is 6.61. The third kappa shape index (κ3) is 1.57. The van der Waals surface area contributed by atoms with Crippen LogP contribution in [0.4, 0.5) is 0 Å². The van der Waals surface area contributed by atoms with Gasteiger partial charge in [-0.3, -0.25) is 5.41 Å². The lowest BCUT2D eigenvalue weighted by Gasteiger charge is -2.21. The molecule has 68 valence electrons. The van der Waals surface area contributed by atoms with Crippen molar-refractivity contribution in [2.75, 3.05) is 26.2 Å². The summed E-state index contributed by atoms with van der Waals surface area (Å²) in [7, 11) is 0. The van der Waals surface area contributed by atoms with E-state index in [0.717, 1.165) is 12.5 Å². The molecule has 2 aliphatic rings. The van der Waals surface area contributed by atoms with Crippen LogP contribution in [0, 0.1) is 17.2 Å². The van der Waals surface area contributed by atoms with E-state index in [2.05, 4.69) is 4.90 Å². The molecule has 0 amide bonds. The Hall–Kier alpha value is -0.280. The van der Waals surface area contributed by atoms with E-state index in [-0.39, 0.29) is 5.36 Å². The van der Waals surface area contributed by atoms with Crippen molar-refractivity contribution in [2.45, 2.75) is 6.42 Å². The van der Waals surface area contributed by atoms with Gasteiger partial charge in [-0.15, -0.1) is 0 Å². The zero-order valence-electron chi connectivity index (χ0n) is 6.92. The summed E-state index contributed by atoms with van der Waals surface area (Å²) in [4.78, 5) is 2.45. The van der Waals surface area contributed by atoms with E-state index in [9.17, 15) is 0 Å². The van der Waals surface area contributed by atoms with Crippen LogP contribution in [0.5, 0.6) is 0 Å². The molecule has 2 bridgehead atoms. The highest BCUT2D eigenvalue weighted by Gasteiger charge is 2.38. The molecule has 4 heteroatoms. The first-order chi connectivity index (χ1) is 5.75. The molecular weight excluding hydrogens is 176 g/mol. The van der Waals surface area contributed by atoms with Crippen LogP contribution in [-0.2, 0) is 4.74 Å². The largest absolute Gasteiger partial charge is 0.469 e. The number of hydrogen-bond donors (Lipinski definition) is 1. The summed E-state index contributed by atoms with van der Waals surface area (Å²) in [5.41, 5.74) is 0. The highest BCUT2D eigenvalue weighted by atomic mass is 35.5. The monoisotopic (exact) mass is 188 g/mol. The van der Waals surface area contributed by atoms with Gasteiger partial charge in [0.2, 0.25) is 0 Å². The molecule has 0 saturated carbocycles. The lowest BCUT2D eigenvalue weighted by molar-refractivity contribution is 0.189. The number of ether oxygens (including phenoxy) is 1. The first-order valence-electron chi connectivity index (χ1n) is 4.35. The molecule has 2 fully saturated rings. The molecule has 0 aliphatic carbocycles. The Morgan fingerprint density at radius 1 is 1.58 bits per heavy atom. The third-order valence-electron chi connectivity index (χ3n) is 2.89. The van der Waals surface area contributed by atoms with Gasteiger partial charge in [-0.1, -0.05) is 0 Å². The first kappa shape index (κ1) is 8.32. The second-order valence-electron chi connectivity index (χ2n) is 3.65. The van der Waals surface area contributed by atoms with Gasteiger partial charge in [-0.25, -0.2) is 0 Å². The fourth-order valence-corrected chi connectivity index (χ4v) is 2.33. The predicted octanol–water partition coefficient (Wildman–Crippen LogP) is 1.13. The molecular formula is C8H13ClN2O. The van der Waals surface area contributed by atoms with Crippen molar-refractivity contribution in [2.24, 2.45) is 11.8 Å². The van der Waals surface area contributed by atoms with Crippen LogP contribution in [0.25, 0.3) is 0 Å². The van der Waals surface area contributed by atoms with Crippen LogP contribution in [0.15, 0.2) is 0 Å². The van der Waals surface area contributed by atoms with Gasteiger partial charge >= 0.3 is 0 Å². The average molecular weight is 189 g/mol. The predicted molar refractivity (Wildman–Crippen MR) is 47.6 cm³/mol. The standard InChI is InChI=1S/C8H13ClN2O/c9-8(10)12-5-7-4-11-2-1-6(7)3-11/h6-7,10H,1-5H2. The van der Waals surface area contributed by atoms with Crippen LogP contribution in [0.2, 0.25) is 0 Å². The van der Waals surface area contributed by atoms with Crippen molar-refractivity contribution in [3.63, 3.8) is 0 Å². The summed E-state index contributed by atoms with van der Waals surface area (Å²) in [6.45, 7) is 4.24. The van der Waals surface area contributed by atoms with Crippen molar-refractivity contribution < 1.29 is 4.74 Å². The molecule has 3 atom stereocenters. The first-order valence-corrected chi connectivity index (χ1v) is 4.72. The smallest absolute Gasteiger partial charge is 0.279 e. The summed E-state index contributed by atoms with van der Waals surface area (Å²) < 4.78 is 5.00. The quantitative estimate of drug-likeness (QED) is 0.521. The minimum Gasteiger partial charge on any atom is -0.469 e. The molecule has 2 aliphatic heterocycles. The van der Waals surface area contributed by atoms with Gasteiger partial charge < -0.3 is 9.64 Å². The van der Waals surface area contributed by atoms with Gasteiger partial charge in [0.1, 0.15) is 0 Å². The van der Waals surface area contributed by atoms with Crippen LogP contribution in [0.3, 0.4) is 0 Å². The Kier molecular flexibility index (Phi) is 2.24. The zero-order chi connectivity index (χ0) is 8.55. The molecule has 12 heavy (non-hydrogen) atoms. The van der Waals surface area contributed by atoms with Crippen LogP contribution in [0.1, 0.15) is 6.42 Å². The maximum Gasteiger partial charge on any atom is 0.279 e. The molecule has 3 nitrogen and oxygen atoms in total. The zero-order valence-corrected chi connectivity index (χ0v) is 7.68. The molecule has 2 saturated heterocycles. The van der Waals surface area contributed by atoms with Gasteiger partial charge in [0.25, 0.3) is 5.36 Å². The van der Waals surface area contributed by atoms with Gasteiger partial charge in [0.15, 0.2) is 0 Å². The van der Waals surface area contributed by atoms with E-state index < -0.39 is 0 Å². The molecule has 2 heterocycles. The van der Waals surface area contributed by atoms with E-state index in [1.165, 1.54) is 19.5 Å². The van der Waals surface area contributed by atoms with E-state index in [1.54, 1.807) is 0 Å².